The van der Waals surface area contributed by atoms with Crippen molar-refractivity contribution in [3.63, 3.8) is 0 Å². The summed E-state index contributed by atoms with van der Waals surface area (Å²) in [4.78, 5) is 35.4. The van der Waals surface area contributed by atoms with Crippen LogP contribution in [0.15, 0.2) is 24.5 Å². The number of fused-ring (bicyclic) bond motifs is 5. The summed E-state index contributed by atoms with van der Waals surface area (Å²) in [6.07, 6.45) is 13.5. The van der Waals surface area contributed by atoms with Crippen LogP contribution in [-0.4, -0.2) is 46.4 Å². The van der Waals surface area contributed by atoms with Crippen LogP contribution >= 0.6 is 0 Å². The molecule has 4 atom stereocenters. The van der Waals surface area contributed by atoms with Crippen molar-refractivity contribution in [3.05, 3.63) is 24.5 Å². The predicted molar refractivity (Wildman–Crippen MR) is 102 cm³/mol. The molecule has 4 aliphatic rings. The number of imide groups is 1. The van der Waals surface area contributed by atoms with Gasteiger partial charge in [-0.1, -0.05) is 25.0 Å². The van der Waals surface area contributed by atoms with Gasteiger partial charge in [-0.05, 0) is 37.0 Å². The van der Waals surface area contributed by atoms with Crippen molar-refractivity contribution in [2.75, 3.05) is 25.0 Å². The SMILES string of the molecule is O=C1C2C3C=CC(C3)C2C(=O)N1CCNc1cncc(OCC2CCCC2)n1. The fourth-order valence-electron chi connectivity index (χ4n) is 5.36. The summed E-state index contributed by atoms with van der Waals surface area (Å²) in [6.45, 7) is 1.51. The van der Waals surface area contributed by atoms with Crippen molar-refractivity contribution in [3.8, 4) is 5.88 Å². The first kappa shape index (κ1) is 17.6. The Balaban J connectivity index is 1.14. The monoisotopic (exact) mass is 382 g/mol. The highest BCUT2D eigenvalue weighted by atomic mass is 16.5. The summed E-state index contributed by atoms with van der Waals surface area (Å²) in [5.41, 5.74) is 0. The van der Waals surface area contributed by atoms with E-state index in [2.05, 4.69) is 27.4 Å². The second kappa shape index (κ2) is 7.18. The van der Waals surface area contributed by atoms with Crippen molar-refractivity contribution < 1.29 is 14.3 Å². The van der Waals surface area contributed by atoms with Gasteiger partial charge in [0, 0.05) is 13.1 Å². The number of nitrogens with one attached hydrogen (secondary N) is 1. The number of nitrogens with zero attached hydrogens (tertiary/aromatic N) is 3. The Labute approximate surface area is 164 Å². The highest BCUT2D eigenvalue weighted by Gasteiger charge is 2.58. The average Bonchev–Trinajstić information content (AvgIpc) is 3.48. The molecule has 2 heterocycles. The Bertz CT molecular complexity index is 775. The van der Waals surface area contributed by atoms with Gasteiger partial charge in [-0.2, -0.15) is 4.98 Å². The topological polar surface area (TPSA) is 84.4 Å². The Hall–Kier alpha value is -2.44. The van der Waals surface area contributed by atoms with Gasteiger partial charge in [-0.15, -0.1) is 0 Å². The first-order chi connectivity index (χ1) is 13.7. The van der Waals surface area contributed by atoms with E-state index in [1.165, 1.54) is 30.6 Å². The molecule has 0 radical (unpaired) electrons. The van der Waals surface area contributed by atoms with Gasteiger partial charge >= 0.3 is 0 Å². The zero-order chi connectivity index (χ0) is 19.1. The average molecular weight is 382 g/mol. The van der Waals surface area contributed by atoms with Crippen LogP contribution in [0.3, 0.4) is 0 Å². The Kier molecular flexibility index (Phi) is 4.53. The molecule has 7 heteroatoms. The lowest BCUT2D eigenvalue weighted by Gasteiger charge is -2.17. The zero-order valence-corrected chi connectivity index (χ0v) is 15.9. The smallest absolute Gasteiger partial charge is 0.234 e. The quantitative estimate of drug-likeness (QED) is 0.575. The minimum absolute atomic E-state index is 0.00613. The van der Waals surface area contributed by atoms with E-state index in [9.17, 15) is 9.59 Å². The van der Waals surface area contributed by atoms with Crippen LogP contribution in [0.5, 0.6) is 5.88 Å². The largest absolute Gasteiger partial charge is 0.476 e. The van der Waals surface area contributed by atoms with Crippen LogP contribution in [0.2, 0.25) is 0 Å². The van der Waals surface area contributed by atoms with Crippen LogP contribution in [0.4, 0.5) is 5.82 Å². The molecule has 2 amide bonds. The van der Waals surface area contributed by atoms with E-state index in [0.717, 1.165) is 6.42 Å². The van der Waals surface area contributed by atoms with E-state index < -0.39 is 0 Å². The number of rotatable bonds is 7. The Morgan fingerprint density at radius 3 is 2.50 bits per heavy atom. The number of ether oxygens (including phenoxy) is 1. The van der Waals surface area contributed by atoms with Crippen molar-refractivity contribution >= 4 is 17.6 Å². The molecule has 1 aliphatic heterocycles. The first-order valence-electron chi connectivity index (χ1n) is 10.4. The summed E-state index contributed by atoms with van der Waals surface area (Å²) >= 11 is 0. The third-order valence-electron chi connectivity index (χ3n) is 6.76. The van der Waals surface area contributed by atoms with Gasteiger partial charge in [0.1, 0.15) is 5.82 Å². The molecule has 3 fully saturated rings. The molecule has 0 aromatic carbocycles. The zero-order valence-electron chi connectivity index (χ0n) is 15.9. The number of allylic oxidation sites excluding steroid dienone is 2. The molecule has 5 rings (SSSR count). The van der Waals surface area contributed by atoms with Gasteiger partial charge in [-0.3, -0.25) is 19.5 Å². The summed E-state index contributed by atoms with van der Waals surface area (Å²) in [6, 6.07) is 0. The molecule has 2 bridgehead atoms. The molecule has 4 unspecified atom stereocenters. The number of hydrogen-bond acceptors (Lipinski definition) is 6. The van der Waals surface area contributed by atoms with Crippen LogP contribution in [0.1, 0.15) is 32.1 Å². The summed E-state index contributed by atoms with van der Waals surface area (Å²) in [7, 11) is 0. The lowest BCUT2D eigenvalue weighted by atomic mass is 9.85. The minimum atomic E-state index is -0.130. The van der Waals surface area contributed by atoms with Crippen LogP contribution in [0.25, 0.3) is 0 Å². The molecule has 148 valence electrons. The third-order valence-corrected chi connectivity index (χ3v) is 6.76. The highest BCUT2D eigenvalue weighted by Crippen LogP contribution is 2.52. The van der Waals surface area contributed by atoms with Gasteiger partial charge < -0.3 is 10.1 Å². The molecule has 2 saturated carbocycles. The standard InChI is InChI=1S/C21H26N4O3/c26-20-18-14-5-6-15(9-14)19(18)21(27)25(20)8-7-23-16-10-22-11-17(24-16)28-12-13-3-1-2-4-13/h5-6,10-11,13-15,18-19H,1-4,7-9,12H2,(H,23,24). The normalized spacial score (nSPS) is 31.1. The minimum Gasteiger partial charge on any atom is -0.476 e. The molecule has 28 heavy (non-hydrogen) atoms. The molecule has 1 aromatic heterocycles. The van der Waals surface area contributed by atoms with Crippen LogP contribution < -0.4 is 10.1 Å². The fourth-order valence-corrected chi connectivity index (χ4v) is 5.36. The predicted octanol–water partition coefficient (Wildman–Crippen LogP) is 2.26. The third kappa shape index (κ3) is 3.06. The fraction of sp³-hybridized carbons (Fsp3) is 0.619. The van der Waals surface area contributed by atoms with Crippen molar-refractivity contribution in [1.29, 1.82) is 0 Å². The summed E-state index contributed by atoms with van der Waals surface area (Å²) in [5.74, 6) is 1.97. The molecule has 1 N–H and O–H groups in total. The van der Waals surface area contributed by atoms with Crippen LogP contribution in [0, 0.1) is 29.6 Å². The lowest BCUT2D eigenvalue weighted by Crippen LogP contribution is -2.36. The number of likely N-dealkylation sites (tertiary alicyclic amines) is 1. The maximum Gasteiger partial charge on any atom is 0.234 e. The van der Waals surface area contributed by atoms with Crippen molar-refractivity contribution in [1.82, 2.24) is 14.9 Å². The first-order valence-corrected chi connectivity index (χ1v) is 10.4. The van der Waals surface area contributed by atoms with E-state index in [4.69, 9.17) is 4.74 Å². The van der Waals surface area contributed by atoms with Gasteiger partial charge in [0.15, 0.2) is 0 Å². The number of amides is 2. The molecule has 1 aromatic rings. The van der Waals surface area contributed by atoms with Gasteiger partial charge in [0.2, 0.25) is 17.7 Å². The van der Waals surface area contributed by atoms with E-state index in [1.807, 2.05) is 0 Å². The second-order valence-electron chi connectivity index (χ2n) is 8.46. The molecule has 7 nitrogen and oxygen atoms in total. The Morgan fingerprint density at radius 2 is 1.79 bits per heavy atom. The number of hydrogen-bond donors (Lipinski definition) is 1. The summed E-state index contributed by atoms with van der Waals surface area (Å²) in [5, 5.41) is 3.17. The maximum atomic E-state index is 12.7. The van der Waals surface area contributed by atoms with Gasteiger partial charge in [0.05, 0.1) is 30.8 Å². The molecule has 1 saturated heterocycles. The number of anilines is 1. The molecule has 0 spiro atoms. The van der Waals surface area contributed by atoms with E-state index in [1.54, 1.807) is 12.4 Å². The Morgan fingerprint density at radius 1 is 1.07 bits per heavy atom. The number of aromatic nitrogens is 2. The maximum absolute atomic E-state index is 12.7. The van der Waals surface area contributed by atoms with Crippen molar-refractivity contribution in [2.24, 2.45) is 29.6 Å². The van der Waals surface area contributed by atoms with Gasteiger partial charge in [-0.25, -0.2) is 0 Å². The second-order valence-corrected chi connectivity index (χ2v) is 8.46. The summed E-state index contributed by atoms with van der Waals surface area (Å²) < 4.78 is 5.79. The highest BCUT2D eigenvalue weighted by molar-refractivity contribution is 6.06. The van der Waals surface area contributed by atoms with E-state index in [-0.39, 0.29) is 35.5 Å². The molecular weight excluding hydrogens is 356 g/mol. The lowest BCUT2D eigenvalue weighted by molar-refractivity contribution is -0.140. The van der Waals surface area contributed by atoms with Crippen molar-refractivity contribution in [2.45, 2.75) is 32.1 Å². The van der Waals surface area contributed by atoms with E-state index in [0.29, 0.717) is 37.3 Å². The number of carbonyl (C=O) groups is 2. The van der Waals surface area contributed by atoms with E-state index >= 15 is 0 Å². The number of carbonyl (C=O) groups excluding carboxylic acids is 2. The van der Waals surface area contributed by atoms with Gasteiger partial charge in [0.25, 0.3) is 0 Å². The van der Waals surface area contributed by atoms with Crippen LogP contribution in [-0.2, 0) is 9.59 Å². The molecular formula is C21H26N4O3. The molecule has 3 aliphatic carbocycles.